The molecule has 9 nitrogen and oxygen atoms in total. The van der Waals surface area contributed by atoms with E-state index in [-0.39, 0.29) is 22.9 Å². The lowest BCUT2D eigenvalue weighted by Gasteiger charge is -2.29. The van der Waals surface area contributed by atoms with Crippen LogP contribution in [0.15, 0.2) is 72.8 Å². The van der Waals surface area contributed by atoms with Crippen molar-refractivity contribution in [2.75, 3.05) is 16.8 Å². The van der Waals surface area contributed by atoms with E-state index in [1.54, 1.807) is 12.1 Å². The molecule has 0 unspecified atom stereocenters. The topological polar surface area (TPSA) is 113 Å². The molecule has 0 radical (unpaired) electrons. The van der Waals surface area contributed by atoms with Crippen molar-refractivity contribution in [3.8, 4) is 0 Å². The number of nitro groups is 1. The Morgan fingerprint density at radius 1 is 0.941 bits per heavy atom. The molecule has 0 saturated carbocycles. The van der Waals surface area contributed by atoms with Crippen LogP contribution in [0.1, 0.15) is 34.6 Å². The second-order valence-corrected chi connectivity index (χ2v) is 8.08. The molecular weight excluding hydrogens is 436 g/mol. The minimum atomic E-state index is -0.732. The molecule has 1 heterocycles. The fourth-order valence-electron chi connectivity index (χ4n) is 3.92. The molecule has 0 saturated heterocycles. The molecule has 9 heteroatoms. The van der Waals surface area contributed by atoms with E-state index in [1.165, 1.54) is 6.07 Å². The van der Waals surface area contributed by atoms with Crippen LogP contribution in [0, 0.1) is 10.1 Å². The Hall–Kier alpha value is -4.53. The molecule has 4 rings (SSSR count). The molecule has 34 heavy (non-hydrogen) atoms. The van der Waals surface area contributed by atoms with E-state index in [2.05, 4.69) is 24.1 Å². The summed E-state index contributed by atoms with van der Waals surface area (Å²) in [4.78, 5) is 50.9. The van der Waals surface area contributed by atoms with Gasteiger partial charge in [0.25, 0.3) is 17.5 Å². The lowest BCUT2D eigenvalue weighted by Crippen LogP contribution is -2.37. The molecule has 0 aliphatic carbocycles. The highest BCUT2D eigenvalue weighted by Crippen LogP contribution is 2.29. The standard InChI is InChI=1S/C25H22N4O5/c1-16(2)28(18-6-4-3-5-7-18)19-10-8-17(9-11-19)26-23(30)15-27-24(31)21-13-12-20(29(33)34)14-22(21)25(27)32/h3-14,16H,15H2,1-2H3,(H,26,30). The first kappa shape index (κ1) is 22.7. The number of non-ortho nitro benzene ring substituents is 1. The van der Waals surface area contributed by atoms with Crippen molar-refractivity contribution in [2.45, 2.75) is 19.9 Å². The number of benzene rings is 3. The Balaban J connectivity index is 1.45. The maximum Gasteiger partial charge on any atom is 0.270 e. The Bertz CT molecular complexity index is 1270. The molecule has 0 atom stereocenters. The van der Waals surface area contributed by atoms with E-state index < -0.39 is 29.2 Å². The molecule has 0 fully saturated rings. The summed E-state index contributed by atoms with van der Waals surface area (Å²) >= 11 is 0. The number of carbonyl (C=O) groups is 3. The largest absolute Gasteiger partial charge is 0.339 e. The third-order valence-electron chi connectivity index (χ3n) is 5.45. The highest BCUT2D eigenvalue weighted by atomic mass is 16.6. The molecule has 172 valence electrons. The van der Waals surface area contributed by atoms with Gasteiger partial charge in [-0.1, -0.05) is 18.2 Å². The SMILES string of the molecule is CC(C)N(c1ccccc1)c1ccc(NC(=O)CN2C(=O)c3ccc([N+](=O)[O-])cc3C2=O)cc1. The number of anilines is 3. The van der Waals surface area contributed by atoms with Crippen molar-refractivity contribution in [3.63, 3.8) is 0 Å². The normalized spacial score (nSPS) is 12.6. The third-order valence-corrected chi connectivity index (χ3v) is 5.45. The fourth-order valence-corrected chi connectivity index (χ4v) is 3.92. The zero-order chi connectivity index (χ0) is 24.4. The minimum absolute atomic E-state index is 0.0439. The quantitative estimate of drug-likeness (QED) is 0.319. The predicted octanol–water partition coefficient (Wildman–Crippen LogP) is 4.38. The highest BCUT2D eigenvalue weighted by Gasteiger charge is 2.37. The van der Waals surface area contributed by atoms with E-state index in [0.717, 1.165) is 28.4 Å². The van der Waals surface area contributed by atoms with Gasteiger partial charge in [0.05, 0.1) is 16.1 Å². The second kappa shape index (κ2) is 9.14. The van der Waals surface area contributed by atoms with Gasteiger partial charge in [0, 0.05) is 35.2 Å². The van der Waals surface area contributed by atoms with Gasteiger partial charge in [-0.2, -0.15) is 0 Å². The fraction of sp³-hybridized carbons (Fsp3) is 0.160. The van der Waals surface area contributed by atoms with E-state index in [4.69, 9.17) is 0 Å². The van der Waals surface area contributed by atoms with Gasteiger partial charge >= 0.3 is 0 Å². The maximum absolute atomic E-state index is 12.6. The number of imide groups is 1. The number of nitrogens with zero attached hydrogens (tertiary/aromatic N) is 3. The molecule has 3 aromatic rings. The Morgan fingerprint density at radius 3 is 2.18 bits per heavy atom. The summed E-state index contributed by atoms with van der Waals surface area (Å²) in [5.41, 5.74) is 2.17. The van der Waals surface area contributed by atoms with Crippen molar-refractivity contribution in [2.24, 2.45) is 0 Å². The van der Waals surface area contributed by atoms with Crippen LogP contribution >= 0.6 is 0 Å². The number of amides is 3. The lowest BCUT2D eigenvalue weighted by molar-refractivity contribution is -0.384. The first-order chi connectivity index (χ1) is 16.3. The van der Waals surface area contributed by atoms with Crippen LogP contribution in [0.2, 0.25) is 0 Å². The number of rotatable bonds is 7. The maximum atomic E-state index is 12.6. The number of nitrogens with one attached hydrogen (secondary N) is 1. The van der Waals surface area contributed by atoms with E-state index in [1.807, 2.05) is 42.5 Å². The van der Waals surface area contributed by atoms with Gasteiger partial charge in [-0.25, -0.2) is 0 Å². The first-order valence-corrected chi connectivity index (χ1v) is 10.6. The lowest BCUT2D eigenvalue weighted by atomic mass is 10.1. The Labute approximate surface area is 195 Å². The predicted molar refractivity (Wildman–Crippen MR) is 127 cm³/mol. The van der Waals surface area contributed by atoms with Crippen molar-refractivity contribution in [1.82, 2.24) is 4.90 Å². The molecule has 1 N–H and O–H groups in total. The van der Waals surface area contributed by atoms with Crippen LogP contribution in [0.4, 0.5) is 22.7 Å². The minimum Gasteiger partial charge on any atom is -0.339 e. The van der Waals surface area contributed by atoms with Gasteiger partial charge < -0.3 is 10.2 Å². The van der Waals surface area contributed by atoms with Crippen molar-refractivity contribution in [1.29, 1.82) is 0 Å². The summed E-state index contributed by atoms with van der Waals surface area (Å²) in [6.07, 6.45) is 0. The number of hydrogen-bond donors (Lipinski definition) is 1. The number of hydrogen-bond acceptors (Lipinski definition) is 6. The zero-order valence-corrected chi connectivity index (χ0v) is 18.6. The van der Waals surface area contributed by atoms with Gasteiger partial charge in [0.1, 0.15) is 6.54 Å². The monoisotopic (exact) mass is 458 g/mol. The number of fused-ring (bicyclic) bond motifs is 1. The average molecular weight is 458 g/mol. The first-order valence-electron chi connectivity index (χ1n) is 10.6. The molecule has 3 aromatic carbocycles. The summed E-state index contributed by atoms with van der Waals surface area (Å²) in [5.74, 6) is -1.94. The van der Waals surface area contributed by atoms with Crippen molar-refractivity contribution in [3.05, 3.63) is 94.0 Å². The van der Waals surface area contributed by atoms with Crippen LogP contribution in [0.25, 0.3) is 0 Å². The summed E-state index contributed by atoms with van der Waals surface area (Å²) in [7, 11) is 0. The number of carbonyl (C=O) groups excluding carboxylic acids is 3. The molecular formula is C25H22N4O5. The Kier molecular flexibility index (Phi) is 6.09. The number of nitro benzene ring substituents is 1. The van der Waals surface area contributed by atoms with Crippen molar-refractivity contribution < 1.29 is 19.3 Å². The summed E-state index contributed by atoms with van der Waals surface area (Å²) in [6.45, 7) is 3.67. The zero-order valence-electron chi connectivity index (χ0n) is 18.6. The van der Waals surface area contributed by atoms with Gasteiger partial charge in [-0.05, 0) is 56.3 Å². The van der Waals surface area contributed by atoms with Gasteiger partial charge in [-0.15, -0.1) is 0 Å². The summed E-state index contributed by atoms with van der Waals surface area (Å²) in [5, 5.41) is 13.7. The second-order valence-electron chi connectivity index (χ2n) is 8.08. The van der Waals surface area contributed by atoms with Crippen LogP contribution in [0.5, 0.6) is 0 Å². The Morgan fingerprint density at radius 2 is 1.56 bits per heavy atom. The van der Waals surface area contributed by atoms with Crippen molar-refractivity contribution >= 4 is 40.5 Å². The molecule has 1 aliphatic heterocycles. The highest BCUT2D eigenvalue weighted by molar-refractivity contribution is 6.23. The van der Waals surface area contributed by atoms with E-state index in [0.29, 0.717) is 5.69 Å². The molecule has 0 aromatic heterocycles. The van der Waals surface area contributed by atoms with Gasteiger partial charge in [-0.3, -0.25) is 29.4 Å². The third kappa shape index (κ3) is 4.36. The molecule has 1 aliphatic rings. The molecule has 3 amide bonds. The van der Waals surface area contributed by atoms with Gasteiger partial charge in [0.15, 0.2) is 0 Å². The summed E-state index contributed by atoms with van der Waals surface area (Å²) < 4.78 is 0. The smallest absolute Gasteiger partial charge is 0.270 e. The molecule has 0 bridgehead atoms. The number of para-hydroxylation sites is 1. The summed E-state index contributed by atoms with van der Waals surface area (Å²) in [6, 6.07) is 20.8. The molecule has 0 spiro atoms. The van der Waals surface area contributed by atoms with Gasteiger partial charge in [0.2, 0.25) is 5.91 Å². The van der Waals surface area contributed by atoms with Crippen LogP contribution in [0.3, 0.4) is 0 Å². The van der Waals surface area contributed by atoms with E-state index in [9.17, 15) is 24.5 Å². The average Bonchev–Trinajstić information content (AvgIpc) is 3.05. The van der Waals surface area contributed by atoms with Crippen LogP contribution in [-0.2, 0) is 4.79 Å². The van der Waals surface area contributed by atoms with Crippen LogP contribution in [-0.4, -0.2) is 40.1 Å². The van der Waals surface area contributed by atoms with Crippen LogP contribution < -0.4 is 10.2 Å². The van der Waals surface area contributed by atoms with E-state index >= 15 is 0 Å².